The minimum atomic E-state index is -2.10. The zero-order valence-corrected chi connectivity index (χ0v) is 20.5. The van der Waals surface area contributed by atoms with Gasteiger partial charge in [-0.05, 0) is 29.8 Å². The van der Waals surface area contributed by atoms with E-state index in [1.807, 2.05) is 0 Å². The third-order valence-corrected chi connectivity index (χ3v) is 7.60. The molecule has 3 aliphatic rings. The Hall–Kier alpha value is -2.46. The topological polar surface area (TPSA) is 216 Å². The quantitative estimate of drug-likeness (QED) is 0.0807. The second kappa shape index (κ2) is 11.3. The third kappa shape index (κ3) is 5.21. The lowest BCUT2D eigenvalue weighted by atomic mass is 9.84. The highest BCUT2D eigenvalue weighted by Crippen LogP contribution is 2.50. The van der Waals surface area contributed by atoms with Crippen molar-refractivity contribution in [3.8, 4) is 11.5 Å². The Morgan fingerprint density at radius 3 is 2.47 bits per heavy atom. The van der Waals surface area contributed by atoms with E-state index < -0.39 is 85.1 Å². The molecule has 2 fully saturated rings. The fourth-order valence-corrected chi connectivity index (χ4v) is 5.32. The van der Waals surface area contributed by atoms with Crippen molar-refractivity contribution in [3.05, 3.63) is 42.2 Å². The lowest BCUT2D eigenvalue weighted by molar-refractivity contribution is -0.347. The minimum Gasteiger partial charge on any atom is -0.504 e. The molecule has 0 amide bonds. The van der Waals surface area contributed by atoms with Crippen molar-refractivity contribution < 1.29 is 64.6 Å². The molecule has 0 aromatic heterocycles. The first-order valence-corrected chi connectivity index (χ1v) is 12.1. The molecule has 8 N–H and O–H groups in total. The molecule has 14 heteroatoms. The first-order chi connectivity index (χ1) is 18.0. The predicted molar refractivity (Wildman–Crippen MR) is 126 cm³/mol. The normalized spacial score (nSPS) is 40.6. The van der Waals surface area contributed by atoms with Gasteiger partial charge in [-0.25, -0.2) is 4.79 Å². The van der Waals surface area contributed by atoms with Crippen LogP contribution in [0.15, 0.2) is 36.6 Å². The Balaban J connectivity index is 1.52. The lowest BCUT2D eigenvalue weighted by Crippen LogP contribution is -2.61. The summed E-state index contributed by atoms with van der Waals surface area (Å²) in [6, 6.07) is 3.91. The summed E-state index contributed by atoms with van der Waals surface area (Å²) < 4.78 is 22.0. The maximum absolute atomic E-state index is 12.6. The van der Waals surface area contributed by atoms with Gasteiger partial charge in [0.15, 0.2) is 17.8 Å². The van der Waals surface area contributed by atoms with E-state index in [4.69, 9.17) is 30.5 Å². The van der Waals surface area contributed by atoms with Gasteiger partial charge in [-0.15, -0.1) is 11.6 Å². The number of fused-ring (bicyclic) bond motifs is 1. The summed E-state index contributed by atoms with van der Waals surface area (Å²) in [5, 5.41) is 78.8. The predicted octanol–water partition coefficient (Wildman–Crippen LogP) is -1.71. The highest BCUT2D eigenvalue weighted by atomic mass is 35.5. The summed E-state index contributed by atoms with van der Waals surface area (Å²) in [6.45, 7) is -1.58. The number of phenolic OH excluding ortho intramolecular Hbond substituents is 2. The van der Waals surface area contributed by atoms with Gasteiger partial charge in [-0.3, -0.25) is 0 Å². The molecule has 4 rings (SSSR count). The summed E-state index contributed by atoms with van der Waals surface area (Å²) in [4.78, 5) is 12.6. The van der Waals surface area contributed by atoms with Crippen molar-refractivity contribution in [1.82, 2.24) is 0 Å². The van der Waals surface area contributed by atoms with Gasteiger partial charge in [0.05, 0.1) is 25.4 Å². The Morgan fingerprint density at radius 1 is 1.08 bits per heavy atom. The molecule has 1 saturated heterocycles. The van der Waals surface area contributed by atoms with Crippen molar-refractivity contribution >= 4 is 23.6 Å². The van der Waals surface area contributed by atoms with Crippen molar-refractivity contribution in [1.29, 1.82) is 0 Å². The molecule has 11 atom stereocenters. The number of carbonyl (C=O) groups excluding carboxylic acids is 1. The zero-order valence-electron chi connectivity index (χ0n) is 19.7. The fraction of sp³-hybridized carbons (Fsp3) is 0.542. The number of alkyl halides is 1. The maximum Gasteiger partial charge on any atom is 0.331 e. The zero-order chi connectivity index (χ0) is 27.8. The van der Waals surface area contributed by atoms with Gasteiger partial charge >= 0.3 is 5.97 Å². The van der Waals surface area contributed by atoms with Crippen molar-refractivity contribution in [2.75, 3.05) is 13.2 Å². The van der Waals surface area contributed by atoms with E-state index in [1.54, 1.807) is 0 Å². The summed E-state index contributed by atoms with van der Waals surface area (Å²) in [5.74, 6) is -3.57. The first kappa shape index (κ1) is 28.5. The molecule has 13 nitrogen and oxygen atoms in total. The molecule has 1 aromatic carbocycles. The number of ether oxygens (including phenoxy) is 4. The molecule has 2 heterocycles. The van der Waals surface area contributed by atoms with Crippen molar-refractivity contribution in [2.45, 2.75) is 54.1 Å². The van der Waals surface area contributed by atoms with Crippen molar-refractivity contribution in [3.63, 3.8) is 0 Å². The molecule has 0 radical (unpaired) electrons. The second-order valence-corrected chi connectivity index (χ2v) is 9.77. The number of benzene rings is 1. The van der Waals surface area contributed by atoms with Gasteiger partial charge in [0.2, 0.25) is 6.29 Å². The molecule has 1 aliphatic carbocycles. The van der Waals surface area contributed by atoms with Gasteiger partial charge in [-0.2, -0.15) is 0 Å². The number of aromatic hydroxyl groups is 2. The lowest BCUT2D eigenvalue weighted by Gasteiger charge is -2.43. The number of aliphatic hydroxyl groups is 6. The molecule has 38 heavy (non-hydrogen) atoms. The minimum absolute atomic E-state index is 0.332. The van der Waals surface area contributed by atoms with Crippen LogP contribution in [-0.4, -0.2) is 114 Å². The van der Waals surface area contributed by atoms with Crippen LogP contribution in [0.1, 0.15) is 5.56 Å². The number of halogens is 1. The molecule has 1 saturated carbocycles. The van der Waals surface area contributed by atoms with E-state index in [-0.39, 0.29) is 11.5 Å². The maximum atomic E-state index is 12.6. The Labute approximate surface area is 221 Å². The Bertz CT molecular complexity index is 1060. The van der Waals surface area contributed by atoms with Gasteiger partial charge in [0, 0.05) is 12.0 Å². The average Bonchev–Trinajstić information content (AvgIpc) is 3.12. The Kier molecular flexibility index (Phi) is 8.52. The number of phenols is 2. The Morgan fingerprint density at radius 2 is 1.82 bits per heavy atom. The van der Waals surface area contributed by atoms with Crippen LogP contribution >= 0.6 is 11.6 Å². The smallest absolute Gasteiger partial charge is 0.331 e. The number of hydrogen-bond donors (Lipinski definition) is 8. The molecule has 0 bridgehead atoms. The second-order valence-electron chi connectivity index (χ2n) is 9.30. The van der Waals surface area contributed by atoms with Crippen LogP contribution < -0.4 is 0 Å². The van der Waals surface area contributed by atoms with Gasteiger partial charge in [-0.1, -0.05) is 6.07 Å². The third-order valence-electron chi connectivity index (χ3n) is 6.98. The number of carbonyl (C=O) groups is 1. The van der Waals surface area contributed by atoms with Crippen LogP contribution in [0.25, 0.3) is 6.08 Å². The van der Waals surface area contributed by atoms with Crippen LogP contribution in [0.4, 0.5) is 0 Å². The molecular formula is C24H29ClO13. The fourth-order valence-electron chi connectivity index (χ4n) is 4.89. The SMILES string of the molecule is O=C(/C=C/c1ccc(O)c(O)c1)O[C@H]1C2C=CO[C@@H](O[C@@H]3O[C@H](CO)[C@@H](O)[C@H](O)[C@H]3O)C2[C@](O)(CO)[C@@H]1Cl. The molecule has 1 aromatic rings. The molecule has 2 aliphatic heterocycles. The average molecular weight is 561 g/mol. The first-order valence-electron chi connectivity index (χ1n) is 11.7. The van der Waals surface area contributed by atoms with Crippen LogP contribution in [0.2, 0.25) is 0 Å². The molecule has 0 spiro atoms. The molecular weight excluding hydrogens is 532 g/mol. The highest BCUT2D eigenvalue weighted by molar-refractivity contribution is 6.22. The van der Waals surface area contributed by atoms with Gasteiger partial charge < -0.3 is 59.8 Å². The number of esters is 1. The summed E-state index contributed by atoms with van der Waals surface area (Å²) in [7, 11) is 0. The van der Waals surface area contributed by atoms with E-state index in [1.165, 1.54) is 36.6 Å². The van der Waals surface area contributed by atoms with Crippen LogP contribution in [0, 0.1) is 11.8 Å². The van der Waals surface area contributed by atoms with E-state index in [2.05, 4.69) is 0 Å². The van der Waals surface area contributed by atoms with E-state index in [9.17, 15) is 45.6 Å². The van der Waals surface area contributed by atoms with E-state index >= 15 is 0 Å². The van der Waals surface area contributed by atoms with Crippen LogP contribution in [0.5, 0.6) is 11.5 Å². The summed E-state index contributed by atoms with van der Waals surface area (Å²) in [6.07, 6.45) is -5.55. The van der Waals surface area contributed by atoms with E-state index in [0.29, 0.717) is 5.56 Å². The molecule has 2 unspecified atom stereocenters. The van der Waals surface area contributed by atoms with Crippen LogP contribution in [-0.2, 0) is 23.7 Å². The number of rotatable bonds is 7. The van der Waals surface area contributed by atoms with Crippen molar-refractivity contribution in [2.24, 2.45) is 11.8 Å². The van der Waals surface area contributed by atoms with Gasteiger partial charge in [0.1, 0.15) is 41.5 Å². The number of hydrogen-bond acceptors (Lipinski definition) is 13. The largest absolute Gasteiger partial charge is 0.504 e. The standard InChI is InChI=1S/C24H29ClO13/c25-21-20(37-15(30)4-2-10-1-3-12(28)13(29)7-10)11-5-6-35-22(16(11)24(21,34)9-27)38-23-19(33)18(32)17(31)14(8-26)36-23/h1-7,11,14,16-23,26-29,31-34H,8-9H2/b4-2+/t11?,14-,16?,17-,18+,19-,20+,21-,22+,23+,24-/m1/s1. The highest BCUT2D eigenvalue weighted by Gasteiger charge is 2.65. The molecule has 210 valence electrons. The van der Waals surface area contributed by atoms with E-state index in [0.717, 1.165) is 6.08 Å². The monoisotopic (exact) mass is 560 g/mol. The summed E-state index contributed by atoms with van der Waals surface area (Å²) in [5.41, 5.74) is -1.72. The number of aliphatic hydroxyl groups excluding tert-OH is 5. The summed E-state index contributed by atoms with van der Waals surface area (Å²) >= 11 is 6.48. The van der Waals surface area contributed by atoms with Crippen LogP contribution in [0.3, 0.4) is 0 Å². The van der Waals surface area contributed by atoms with Gasteiger partial charge in [0.25, 0.3) is 0 Å².